The van der Waals surface area contributed by atoms with Crippen LogP contribution in [0.2, 0.25) is 0 Å². The number of amides is 1. The van der Waals surface area contributed by atoms with Crippen molar-refractivity contribution in [2.24, 2.45) is 0 Å². The minimum atomic E-state index is -3.51. The van der Waals surface area contributed by atoms with Crippen LogP contribution in [0.3, 0.4) is 0 Å². The highest BCUT2D eigenvalue weighted by Gasteiger charge is 2.30. The SMILES string of the molecule is C=CCn1c(SCC(=O)Nc2ccc(S(=O)(=O)N(CC)CC)cc2)nnc1C1CC1. The topological polar surface area (TPSA) is 97.2 Å². The Balaban J connectivity index is 1.60. The number of hydrogen-bond donors (Lipinski definition) is 1. The van der Waals surface area contributed by atoms with Crippen LogP contribution in [0.25, 0.3) is 0 Å². The van der Waals surface area contributed by atoms with Gasteiger partial charge in [0, 0.05) is 31.2 Å². The van der Waals surface area contributed by atoms with Crippen LogP contribution in [0.15, 0.2) is 47.0 Å². The molecule has 1 saturated carbocycles. The Morgan fingerprint density at radius 1 is 1.27 bits per heavy atom. The number of rotatable bonds is 11. The standard InChI is InChI=1S/C20H27N5O3S2/c1-4-13-25-19(15-7-8-15)22-23-20(25)29-14-18(26)21-16-9-11-17(12-10-16)30(27,28)24(5-2)6-3/h4,9-12,15H,1,5-8,13-14H2,2-3H3,(H,21,26). The van der Waals surface area contributed by atoms with Crippen molar-refractivity contribution in [2.75, 3.05) is 24.2 Å². The van der Waals surface area contributed by atoms with Crippen LogP contribution in [0.4, 0.5) is 5.69 Å². The molecular weight excluding hydrogens is 422 g/mol. The molecule has 1 N–H and O–H groups in total. The lowest BCUT2D eigenvalue weighted by Crippen LogP contribution is -2.30. The number of carbonyl (C=O) groups excluding carboxylic acids is 1. The first-order valence-electron chi connectivity index (χ1n) is 9.97. The fourth-order valence-electron chi connectivity index (χ4n) is 3.10. The number of thioether (sulfide) groups is 1. The third-order valence-electron chi connectivity index (χ3n) is 4.81. The van der Waals surface area contributed by atoms with Crippen molar-refractivity contribution in [3.05, 3.63) is 42.7 Å². The number of aromatic nitrogens is 3. The van der Waals surface area contributed by atoms with Crippen molar-refractivity contribution in [1.82, 2.24) is 19.1 Å². The van der Waals surface area contributed by atoms with Gasteiger partial charge in [-0.1, -0.05) is 31.7 Å². The smallest absolute Gasteiger partial charge is 0.243 e. The summed E-state index contributed by atoms with van der Waals surface area (Å²) in [6.07, 6.45) is 4.05. The van der Waals surface area contributed by atoms with Gasteiger partial charge in [0.1, 0.15) is 5.82 Å². The van der Waals surface area contributed by atoms with Crippen molar-refractivity contribution < 1.29 is 13.2 Å². The van der Waals surface area contributed by atoms with Gasteiger partial charge in [-0.2, -0.15) is 4.31 Å². The Morgan fingerprint density at radius 3 is 2.50 bits per heavy atom. The van der Waals surface area contributed by atoms with E-state index in [-0.39, 0.29) is 16.6 Å². The fourth-order valence-corrected chi connectivity index (χ4v) is 5.31. The van der Waals surface area contributed by atoms with Crippen LogP contribution in [0.5, 0.6) is 0 Å². The predicted molar refractivity (Wildman–Crippen MR) is 118 cm³/mol. The van der Waals surface area contributed by atoms with E-state index in [1.165, 1.54) is 28.2 Å². The summed E-state index contributed by atoms with van der Waals surface area (Å²) >= 11 is 1.32. The van der Waals surface area contributed by atoms with Crippen molar-refractivity contribution in [2.45, 2.75) is 49.2 Å². The molecule has 1 aliphatic carbocycles. The van der Waals surface area contributed by atoms with Gasteiger partial charge in [-0.25, -0.2) is 8.42 Å². The van der Waals surface area contributed by atoms with E-state index in [0.717, 1.165) is 18.7 Å². The van der Waals surface area contributed by atoms with Crippen LogP contribution in [0.1, 0.15) is 38.4 Å². The van der Waals surface area contributed by atoms with Crippen LogP contribution >= 0.6 is 11.8 Å². The first kappa shape index (κ1) is 22.5. The summed E-state index contributed by atoms with van der Waals surface area (Å²) < 4.78 is 28.5. The number of carbonyl (C=O) groups is 1. The van der Waals surface area contributed by atoms with Gasteiger partial charge < -0.3 is 9.88 Å². The number of benzene rings is 1. The summed E-state index contributed by atoms with van der Waals surface area (Å²) in [5.74, 6) is 1.41. The number of nitrogens with one attached hydrogen (secondary N) is 1. The molecule has 0 atom stereocenters. The van der Waals surface area contributed by atoms with Gasteiger partial charge in [-0.15, -0.1) is 16.8 Å². The molecule has 1 aromatic heterocycles. The van der Waals surface area contributed by atoms with E-state index in [0.29, 0.717) is 36.4 Å². The number of anilines is 1. The second-order valence-corrected chi connectivity index (χ2v) is 9.85. The molecule has 0 spiro atoms. The van der Waals surface area contributed by atoms with Gasteiger partial charge in [-0.3, -0.25) is 4.79 Å². The molecule has 3 rings (SSSR count). The minimum Gasteiger partial charge on any atom is -0.325 e. The van der Waals surface area contributed by atoms with E-state index in [9.17, 15) is 13.2 Å². The van der Waals surface area contributed by atoms with E-state index < -0.39 is 10.0 Å². The molecule has 30 heavy (non-hydrogen) atoms. The Hall–Kier alpha value is -2.17. The molecule has 1 heterocycles. The third kappa shape index (κ3) is 5.11. The molecule has 1 amide bonds. The molecule has 0 unspecified atom stereocenters. The largest absolute Gasteiger partial charge is 0.325 e. The summed E-state index contributed by atoms with van der Waals surface area (Å²) in [4.78, 5) is 12.6. The zero-order valence-corrected chi connectivity index (χ0v) is 18.9. The van der Waals surface area contributed by atoms with Gasteiger partial charge >= 0.3 is 0 Å². The summed E-state index contributed by atoms with van der Waals surface area (Å²) in [5.41, 5.74) is 0.547. The normalized spacial score (nSPS) is 14.1. The Bertz CT molecular complexity index is 994. The average molecular weight is 450 g/mol. The van der Waals surface area contributed by atoms with Crippen molar-refractivity contribution >= 4 is 33.4 Å². The predicted octanol–water partition coefficient (Wildman–Crippen LogP) is 3.10. The molecule has 1 aliphatic rings. The number of hydrogen-bond acceptors (Lipinski definition) is 6. The molecule has 1 aromatic carbocycles. The van der Waals surface area contributed by atoms with E-state index in [1.807, 2.05) is 4.57 Å². The van der Waals surface area contributed by atoms with E-state index >= 15 is 0 Å². The lowest BCUT2D eigenvalue weighted by molar-refractivity contribution is -0.113. The van der Waals surface area contributed by atoms with Crippen LogP contribution in [0, 0.1) is 0 Å². The van der Waals surface area contributed by atoms with Gasteiger partial charge in [-0.05, 0) is 37.1 Å². The quantitative estimate of drug-likeness (QED) is 0.418. The average Bonchev–Trinajstić information content (AvgIpc) is 3.49. The maximum Gasteiger partial charge on any atom is 0.243 e. The van der Waals surface area contributed by atoms with Crippen molar-refractivity contribution in [1.29, 1.82) is 0 Å². The number of sulfonamides is 1. The highest BCUT2D eigenvalue weighted by molar-refractivity contribution is 7.99. The molecule has 0 radical (unpaired) electrons. The molecule has 0 aliphatic heterocycles. The molecule has 1 fully saturated rings. The highest BCUT2D eigenvalue weighted by atomic mass is 32.2. The lowest BCUT2D eigenvalue weighted by Gasteiger charge is -2.18. The second-order valence-electron chi connectivity index (χ2n) is 6.96. The van der Waals surface area contributed by atoms with Crippen molar-refractivity contribution in [3.63, 3.8) is 0 Å². The Labute approximate surface area is 181 Å². The van der Waals surface area contributed by atoms with Gasteiger partial charge in [0.05, 0.1) is 10.6 Å². The Morgan fingerprint density at radius 2 is 1.93 bits per heavy atom. The Kier molecular flexibility index (Phi) is 7.32. The highest BCUT2D eigenvalue weighted by Crippen LogP contribution is 2.40. The zero-order valence-electron chi connectivity index (χ0n) is 17.2. The van der Waals surface area contributed by atoms with Gasteiger partial charge in [0.15, 0.2) is 5.16 Å². The maximum absolute atomic E-state index is 12.5. The maximum atomic E-state index is 12.5. The summed E-state index contributed by atoms with van der Waals surface area (Å²) in [6, 6.07) is 6.23. The van der Waals surface area contributed by atoms with Crippen LogP contribution in [-0.4, -0.2) is 52.2 Å². The van der Waals surface area contributed by atoms with E-state index in [1.54, 1.807) is 32.1 Å². The minimum absolute atomic E-state index is 0.180. The van der Waals surface area contributed by atoms with Crippen molar-refractivity contribution in [3.8, 4) is 0 Å². The van der Waals surface area contributed by atoms with E-state index in [4.69, 9.17) is 0 Å². The molecule has 10 heteroatoms. The summed E-state index contributed by atoms with van der Waals surface area (Å²) in [7, 11) is -3.51. The zero-order chi connectivity index (χ0) is 21.7. The summed E-state index contributed by atoms with van der Waals surface area (Å²) in [6.45, 7) is 8.83. The molecule has 0 bridgehead atoms. The molecule has 2 aromatic rings. The van der Waals surface area contributed by atoms with Crippen LogP contribution in [-0.2, 0) is 21.4 Å². The lowest BCUT2D eigenvalue weighted by atomic mass is 10.3. The molecular formula is C20H27N5O3S2. The van der Waals surface area contributed by atoms with Gasteiger partial charge in [0.25, 0.3) is 0 Å². The first-order valence-corrected chi connectivity index (χ1v) is 12.4. The number of allylic oxidation sites excluding steroid dienone is 1. The van der Waals surface area contributed by atoms with Crippen LogP contribution < -0.4 is 5.32 Å². The first-order chi connectivity index (χ1) is 14.4. The fraction of sp³-hybridized carbons (Fsp3) is 0.450. The number of nitrogens with zero attached hydrogens (tertiary/aromatic N) is 4. The molecule has 8 nitrogen and oxygen atoms in total. The van der Waals surface area contributed by atoms with Gasteiger partial charge in [0.2, 0.25) is 15.9 Å². The molecule has 162 valence electrons. The molecule has 0 saturated heterocycles. The summed E-state index contributed by atoms with van der Waals surface area (Å²) in [5, 5.41) is 12.0. The monoisotopic (exact) mass is 449 g/mol. The third-order valence-corrected chi connectivity index (χ3v) is 7.84. The second kappa shape index (κ2) is 9.76. The van der Waals surface area contributed by atoms with E-state index in [2.05, 4.69) is 22.1 Å².